The lowest BCUT2D eigenvalue weighted by atomic mass is 10.1. The summed E-state index contributed by atoms with van der Waals surface area (Å²) in [6.45, 7) is 2.06. The Balaban J connectivity index is 3.13. The third-order valence-electron chi connectivity index (χ3n) is 2.11. The normalized spacial score (nSPS) is 9.93. The van der Waals surface area contributed by atoms with Gasteiger partial charge in [0, 0.05) is 17.7 Å². The summed E-state index contributed by atoms with van der Waals surface area (Å²) >= 11 is 0. The van der Waals surface area contributed by atoms with Crippen LogP contribution in [0.1, 0.15) is 18.9 Å². The van der Waals surface area contributed by atoms with Crippen LogP contribution in [-0.4, -0.2) is 19.3 Å². The van der Waals surface area contributed by atoms with Gasteiger partial charge in [0.1, 0.15) is 17.2 Å². The smallest absolute Gasteiger partial charge is 0.129 e. The maximum absolute atomic E-state index is 9.71. The molecule has 78 valence electrons. The zero-order chi connectivity index (χ0) is 10.6. The van der Waals surface area contributed by atoms with Crippen LogP contribution in [-0.2, 0) is 6.42 Å². The molecule has 0 aliphatic heterocycles. The van der Waals surface area contributed by atoms with Crippen LogP contribution in [0.5, 0.6) is 17.2 Å². The Kier molecular flexibility index (Phi) is 3.63. The SMILES string of the molecule is CCCc1c(O)cc(OC)cc1OC. The number of rotatable bonds is 4. The first-order valence-corrected chi connectivity index (χ1v) is 4.66. The van der Waals surface area contributed by atoms with Gasteiger partial charge in [0.2, 0.25) is 0 Å². The molecular formula is C11H16O3. The van der Waals surface area contributed by atoms with Gasteiger partial charge in [-0.15, -0.1) is 0 Å². The van der Waals surface area contributed by atoms with Crippen LogP contribution in [0.3, 0.4) is 0 Å². The number of phenolic OH excluding ortho intramolecular Hbond substituents is 1. The lowest BCUT2D eigenvalue weighted by molar-refractivity contribution is 0.379. The van der Waals surface area contributed by atoms with Gasteiger partial charge in [0.25, 0.3) is 0 Å². The minimum absolute atomic E-state index is 0.239. The Hall–Kier alpha value is -1.38. The number of benzene rings is 1. The Morgan fingerprint density at radius 1 is 1.21 bits per heavy atom. The highest BCUT2D eigenvalue weighted by atomic mass is 16.5. The first-order valence-electron chi connectivity index (χ1n) is 4.66. The molecule has 0 atom stereocenters. The van der Waals surface area contributed by atoms with Crippen LogP contribution in [0.15, 0.2) is 12.1 Å². The Bertz CT molecular complexity index is 308. The number of aromatic hydroxyl groups is 1. The van der Waals surface area contributed by atoms with Crippen molar-refractivity contribution in [3.63, 3.8) is 0 Å². The van der Waals surface area contributed by atoms with Crippen LogP contribution in [0.4, 0.5) is 0 Å². The molecule has 0 aromatic heterocycles. The molecule has 0 saturated heterocycles. The lowest BCUT2D eigenvalue weighted by Crippen LogP contribution is -1.94. The molecule has 0 amide bonds. The number of ether oxygens (including phenoxy) is 2. The second-order valence-corrected chi connectivity index (χ2v) is 3.08. The average Bonchev–Trinajstić information content (AvgIpc) is 2.20. The summed E-state index contributed by atoms with van der Waals surface area (Å²) < 4.78 is 10.2. The van der Waals surface area contributed by atoms with Gasteiger partial charge in [0.05, 0.1) is 14.2 Å². The average molecular weight is 196 g/mol. The molecule has 3 nitrogen and oxygen atoms in total. The van der Waals surface area contributed by atoms with Gasteiger partial charge in [0.15, 0.2) is 0 Å². The highest BCUT2D eigenvalue weighted by Crippen LogP contribution is 2.33. The van der Waals surface area contributed by atoms with E-state index < -0.39 is 0 Å². The molecule has 0 fully saturated rings. The molecular weight excluding hydrogens is 180 g/mol. The quantitative estimate of drug-likeness (QED) is 0.803. The summed E-state index contributed by atoms with van der Waals surface area (Å²) in [5.41, 5.74) is 0.843. The van der Waals surface area contributed by atoms with Crippen LogP contribution in [0.2, 0.25) is 0 Å². The van der Waals surface area contributed by atoms with Crippen molar-refractivity contribution >= 4 is 0 Å². The third kappa shape index (κ3) is 2.10. The molecule has 0 saturated carbocycles. The van der Waals surface area contributed by atoms with Crippen LogP contribution in [0.25, 0.3) is 0 Å². The van der Waals surface area contributed by atoms with Crippen LogP contribution in [0, 0.1) is 0 Å². The molecule has 1 rings (SSSR count). The molecule has 0 unspecified atom stereocenters. The minimum atomic E-state index is 0.239. The second-order valence-electron chi connectivity index (χ2n) is 3.08. The van der Waals surface area contributed by atoms with Gasteiger partial charge < -0.3 is 14.6 Å². The van der Waals surface area contributed by atoms with E-state index in [0.29, 0.717) is 11.5 Å². The van der Waals surface area contributed by atoms with Gasteiger partial charge in [-0.25, -0.2) is 0 Å². The van der Waals surface area contributed by atoms with E-state index in [4.69, 9.17) is 9.47 Å². The fraction of sp³-hybridized carbons (Fsp3) is 0.455. The summed E-state index contributed by atoms with van der Waals surface area (Å²) in [5.74, 6) is 1.53. The van der Waals surface area contributed by atoms with E-state index in [9.17, 15) is 5.11 Å². The number of hydrogen-bond acceptors (Lipinski definition) is 3. The highest BCUT2D eigenvalue weighted by molar-refractivity contribution is 5.49. The van der Waals surface area contributed by atoms with Crippen molar-refractivity contribution in [1.82, 2.24) is 0 Å². The van der Waals surface area contributed by atoms with Gasteiger partial charge in [-0.1, -0.05) is 13.3 Å². The second kappa shape index (κ2) is 4.74. The molecule has 1 N–H and O–H groups in total. The molecule has 0 radical (unpaired) electrons. The summed E-state index contributed by atoms with van der Waals surface area (Å²) in [4.78, 5) is 0. The van der Waals surface area contributed by atoms with E-state index in [1.165, 1.54) is 0 Å². The van der Waals surface area contributed by atoms with E-state index >= 15 is 0 Å². The number of methoxy groups -OCH3 is 2. The molecule has 0 aliphatic carbocycles. The van der Waals surface area contributed by atoms with Crippen molar-refractivity contribution in [3.05, 3.63) is 17.7 Å². The van der Waals surface area contributed by atoms with Crippen molar-refractivity contribution in [1.29, 1.82) is 0 Å². The highest BCUT2D eigenvalue weighted by Gasteiger charge is 2.10. The number of hydrogen-bond donors (Lipinski definition) is 1. The van der Waals surface area contributed by atoms with Crippen LogP contribution < -0.4 is 9.47 Å². The Morgan fingerprint density at radius 2 is 1.93 bits per heavy atom. The van der Waals surface area contributed by atoms with Gasteiger partial charge in [-0.2, -0.15) is 0 Å². The molecule has 0 aliphatic rings. The van der Waals surface area contributed by atoms with Crippen LogP contribution >= 0.6 is 0 Å². The predicted molar refractivity (Wildman–Crippen MR) is 55.2 cm³/mol. The van der Waals surface area contributed by atoms with Crippen molar-refractivity contribution in [3.8, 4) is 17.2 Å². The standard InChI is InChI=1S/C11H16O3/c1-4-5-9-10(12)6-8(13-2)7-11(9)14-3/h6-7,12H,4-5H2,1-3H3. The fourth-order valence-corrected chi connectivity index (χ4v) is 1.41. The van der Waals surface area contributed by atoms with Gasteiger partial charge in [-0.3, -0.25) is 0 Å². The molecule has 0 heterocycles. The molecule has 0 bridgehead atoms. The summed E-state index contributed by atoms with van der Waals surface area (Å²) in [5, 5.41) is 9.71. The van der Waals surface area contributed by atoms with E-state index in [1.54, 1.807) is 26.4 Å². The molecule has 0 spiro atoms. The fourth-order valence-electron chi connectivity index (χ4n) is 1.41. The maximum atomic E-state index is 9.71. The van der Waals surface area contributed by atoms with Crippen molar-refractivity contribution in [2.24, 2.45) is 0 Å². The molecule has 1 aromatic carbocycles. The largest absolute Gasteiger partial charge is 0.507 e. The predicted octanol–water partition coefficient (Wildman–Crippen LogP) is 2.36. The van der Waals surface area contributed by atoms with Crippen molar-refractivity contribution in [2.75, 3.05) is 14.2 Å². The third-order valence-corrected chi connectivity index (χ3v) is 2.11. The zero-order valence-electron chi connectivity index (χ0n) is 8.83. The first-order chi connectivity index (χ1) is 6.72. The molecule has 14 heavy (non-hydrogen) atoms. The van der Waals surface area contributed by atoms with Gasteiger partial charge in [-0.05, 0) is 6.42 Å². The van der Waals surface area contributed by atoms with E-state index in [-0.39, 0.29) is 5.75 Å². The summed E-state index contributed by atoms with van der Waals surface area (Å²) in [6, 6.07) is 3.39. The molecule has 1 aromatic rings. The molecule has 3 heteroatoms. The van der Waals surface area contributed by atoms with Crippen molar-refractivity contribution in [2.45, 2.75) is 19.8 Å². The number of phenols is 1. The lowest BCUT2D eigenvalue weighted by Gasteiger charge is -2.11. The summed E-state index contributed by atoms with van der Waals surface area (Å²) in [6.07, 6.45) is 1.77. The van der Waals surface area contributed by atoms with Gasteiger partial charge >= 0.3 is 0 Å². The minimum Gasteiger partial charge on any atom is -0.507 e. The van der Waals surface area contributed by atoms with E-state index in [1.807, 2.05) is 0 Å². The zero-order valence-corrected chi connectivity index (χ0v) is 8.83. The van der Waals surface area contributed by atoms with Crippen molar-refractivity contribution < 1.29 is 14.6 Å². The monoisotopic (exact) mass is 196 g/mol. The summed E-state index contributed by atoms with van der Waals surface area (Å²) in [7, 11) is 3.15. The van der Waals surface area contributed by atoms with E-state index in [0.717, 1.165) is 18.4 Å². The topological polar surface area (TPSA) is 38.7 Å². The van der Waals surface area contributed by atoms with E-state index in [2.05, 4.69) is 6.92 Å². The Labute approximate surface area is 84.3 Å². The maximum Gasteiger partial charge on any atom is 0.129 e. The first kappa shape index (κ1) is 10.7. The Morgan fingerprint density at radius 3 is 2.43 bits per heavy atom.